The Hall–Kier alpha value is -1.41. The molecule has 0 spiro atoms. The van der Waals surface area contributed by atoms with Crippen molar-refractivity contribution >= 4 is 0 Å². The molecule has 0 heterocycles. The highest BCUT2D eigenvalue weighted by Gasteiger charge is 2.11. The van der Waals surface area contributed by atoms with E-state index in [1.807, 2.05) is 0 Å². The van der Waals surface area contributed by atoms with Gasteiger partial charge in [-0.3, -0.25) is 4.90 Å². The zero-order chi connectivity index (χ0) is 15.7. The molecule has 1 N–H and O–H groups in total. The highest BCUT2D eigenvalue weighted by molar-refractivity contribution is 5.38. The molecule has 1 aromatic carbocycles. The first-order valence-electron chi connectivity index (χ1n) is 7.19. The monoisotopic (exact) mass is 293 g/mol. The molecule has 0 unspecified atom stereocenters. The third-order valence-corrected chi connectivity index (χ3v) is 3.19. The molecule has 0 fully saturated rings. The van der Waals surface area contributed by atoms with E-state index in [0.29, 0.717) is 24.6 Å². The van der Waals surface area contributed by atoms with Gasteiger partial charge < -0.3 is 9.84 Å². The van der Waals surface area contributed by atoms with Gasteiger partial charge in [0, 0.05) is 32.7 Å². The number of aliphatic hydroxyl groups is 1. The van der Waals surface area contributed by atoms with E-state index in [2.05, 4.69) is 30.6 Å². The highest BCUT2D eigenvalue weighted by Crippen LogP contribution is 2.13. The Morgan fingerprint density at radius 1 is 1.38 bits per heavy atom. The van der Waals surface area contributed by atoms with Crippen LogP contribution in [-0.2, 0) is 11.3 Å². The van der Waals surface area contributed by atoms with Crippen molar-refractivity contribution in [1.82, 2.24) is 4.90 Å². The second-order valence-corrected chi connectivity index (χ2v) is 5.15. The Morgan fingerprint density at radius 3 is 2.76 bits per heavy atom. The first-order valence-corrected chi connectivity index (χ1v) is 7.19. The lowest BCUT2D eigenvalue weighted by molar-refractivity contribution is 0.125. The molecule has 3 nitrogen and oxygen atoms in total. The summed E-state index contributed by atoms with van der Waals surface area (Å²) in [6.45, 7) is 6.48. The van der Waals surface area contributed by atoms with E-state index in [1.54, 1.807) is 19.2 Å². The molecule has 116 valence electrons. The number of rotatable bonds is 7. The molecule has 0 saturated carbocycles. The largest absolute Gasteiger partial charge is 0.395 e. The van der Waals surface area contributed by atoms with Crippen LogP contribution in [0.15, 0.2) is 18.2 Å². The van der Waals surface area contributed by atoms with Crippen LogP contribution in [0, 0.1) is 17.7 Å². The Bertz CT molecular complexity index is 491. The summed E-state index contributed by atoms with van der Waals surface area (Å²) >= 11 is 0. The van der Waals surface area contributed by atoms with Crippen molar-refractivity contribution < 1.29 is 14.2 Å². The van der Waals surface area contributed by atoms with Gasteiger partial charge >= 0.3 is 0 Å². The summed E-state index contributed by atoms with van der Waals surface area (Å²) < 4.78 is 18.8. The minimum Gasteiger partial charge on any atom is -0.395 e. The highest BCUT2D eigenvalue weighted by atomic mass is 19.1. The van der Waals surface area contributed by atoms with Crippen LogP contribution in [-0.4, -0.2) is 42.9 Å². The molecule has 0 bridgehead atoms. The van der Waals surface area contributed by atoms with E-state index in [9.17, 15) is 4.39 Å². The van der Waals surface area contributed by atoms with Crippen molar-refractivity contribution in [3.05, 3.63) is 35.1 Å². The Kier molecular flexibility index (Phi) is 7.99. The molecule has 0 aliphatic rings. The molecule has 0 atom stereocenters. The van der Waals surface area contributed by atoms with Crippen LogP contribution in [0.3, 0.4) is 0 Å². The fourth-order valence-corrected chi connectivity index (χ4v) is 1.94. The van der Waals surface area contributed by atoms with Gasteiger partial charge in [0.1, 0.15) is 5.82 Å². The van der Waals surface area contributed by atoms with E-state index in [-0.39, 0.29) is 12.4 Å². The third kappa shape index (κ3) is 6.26. The van der Waals surface area contributed by atoms with E-state index in [0.717, 1.165) is 18.7 Å². The standard InChI is InChI=1S/C17H24FNO2/c1-14(2)19(9-11-21-3)13-15-7-8-17(18)16(12-15)6-4-5-10-20/h7-8,12,14,20H,5,9-11,13H2,1-3H3. The molecule has 0 aliphatic carbocycles. The SMILES string of the molecule is COCCN(Cc1ccc(F)c(C#CCCO)c1)C(C)C. The van der Waals surface area contributed by atoms with Crippen molar-refractivity contribution in [3.63, 3.8) is 0 Å². The van der Waals surface area contributed by atoms with E-state index in [4.69, 9.17) is 9.84 Å². The van der Waals surface area contributed by atoms with Crippen LogP contribution in [0.2, 0.25) is 0 Å². The maximum atomic E-state index is 13.7. The second-order valence-electron chi connectivity index (χ2n) is 5.15. The number of benzene rings is 1. The third-order valence-electron chi connectivity index (χ3n) is 3.19. The van der Waals surface area contributed by atoms with Gasteiger partial charge in [-0.1, -0.05) is 17.9 Å². The summed E-state index contributed by atoms with van der Waals surface area (Å²) in [4.78, 5) is 2.27. The summed E-state index contributed by atoms with van der Waals surface area (Å²) in [5.41, 5.74) is 1.41. The van der Waals surface area contributed by atoms with E-state index >= 15 is 0 Å². The number of aliphatic hydroxyl groups excluding tert-OH is 1. The predicted molar refractivity (Wildman–Crippen MR) is 82.4 cm³/mol. The van der Waals surface area contributed by atoms with Crippen LogP contribution in [0.4, 0.5) is 4.39 Å². The average molecular weight is 293 g/mol. The van der Waals surface area contributed by atoms with Crippen LogP contribution in [0.1, 0.15) is 31.4 Å². The van der Waals surface area contributed by atoms with Crippen LogP contribution in [0.25, 0.3) is 0 Å². The number of halogens is 1. The number of methoxy groups -OCH3 is 1. The number of hydrogen-bond donors (Lipinski definition) is 1. The predicted octanol–water partition coefficient (Wildman–Crippen LogP) is 2.42. The second kappa shape index (κ2) is 9.51. The lowest BCUT2D eigenvalue weighted by atomic mass is 10.1. The smallest absolute Gasteiger partial charge is 0.138 e. The molecule has 4 heteroatoms. The van der Waals surface area contributed by atoms with Gasteiger partial charge in [0.25, 0.3) is 0 Å². The molecule has 1 aromatic rings. The van der Waals surface area contributed by atoms with Gasteiger partial charge in [-0.05, 0) is 31.5 Å². The minimum atomic E-state index is -0.322. The molecule has 0 aliphatic heterocycles. The van der Waals surface area contributed by atoms with Crippen molar-refractivity contribution in [2.24, 2.45) is 0 Å². The van der Waals surface area contributed by atoms with Gasteiger partial charge in [-0.25, -0.2) is 4.39 Å². The molecule has 21 heavy (non-hydrogen) atoms. The molecule has 1 rings (SSSR count). The van der Waals surface area contributed by atoms with E-state index in [1.165, 1.54) is 6.07 Å². The number of ether oxygens (including phenoxy) is 1. The Labute approximate surface area is 126 Å². The number of nitrogens with zero attached hydrogens (tertiary/aromatic N) is 1. The van der Waals surface area contributed by atoms with Gasteiger partial charge in [0.15, 0.2) is 0 Å². The Morgan fingerprint density at radius 2 is 2.14 bits per heavy atom. The van der Waals surface area contributed by atoms with Crippen molar-refractivity contribution in [2.75, 3.05) is 26.9 Å². The maximum Gasteiger partial charge on any atom is 0.138 e. The lowest BCUT2D eigenvalue weighted by Crippen LogP contribution is -2.33. The summed E-state index contributed by atoms with van der Waals surface area (Å²) in [6, 6.07) is 5.40. The van der Waals surface area contributed by atoms with Crippen molar-refractivity contribution in [3.8, 4) is 11.8 Å². The fourth-order valence-electron chi connectivity index (χ4n) is 1.94. The maximum absolute atomic E-state index is 13.7. The summed E-state index contributed by atoms with van der Waals surface area (Å²) in [7, 11) is 1.69. The zero-order valence-corrected chi connectivity index (χ0v) is 13.0. The van der Waals surface area contributed by atoms with Crippen molar-refractivity contribution in [2.45, 2.75) is 32.9 Å². The summed E-state index contributed by atoms with van der Waals surface area (Å²) in [6.07, 6.45) is 0.357. The van der Waals surface area contributed by atoms with Crippen LogP contribution >= 0.6 is 0 Å². The molecule has 0 aromatic heterocycles. The van der Waals surface area contributed by atoms with E-state index < -0.39 is 0 Å². The minimum absolute atomic E-state index is 0.00749. The first kappa shape index (κ1) is 17.6. The molecule has 0 radical (unpaired) electrons. The average Bonchev–Trinajstić information content (AvgIpc) is 2.46. The molecule has 0 amide bonds. The first-order chi connectivity index (χ1) is 10.1. The summed E-state index contributed by atoms with van der Waals surface area (Å²) in [5.74, 6) is 5.21. The normalized spacial score (nSPS) is 10.8. The zero-order valence-electron chi connectivity index (χ0n) is 13.0. The topological polar surface area (TPSA) is 32.7 Å². The number of hydrogen-bond acceptors (Lipinski definition) is 3. The Balaban J connectivity index is 2.83. The van der Waals surface area contributed by atoms with Crippen molar-refractivity contribution in [1.29, 1.82) is 0 Å². The quantitative estimate of drug-likeness (QED) is 0.784. The van der Waals surface area contributed by atoms with Crippen LogP contribution in [0.5, 0.6) is 0 Å². The van der Waals surface area contributed by atoms with Crippen LogP contribution < -0.4 is 0 Å². The van der Waals surface area contributed by atoms with Gasteiger partial charge in [0.05, 0.1) is 18.8 Å². The fraction of sp³-hybridized carbons (Fsp3) is 0.529. The van der Waals surface area contributed by atoms with Gasteiger partial charge in [0.2, 0.25) is 0 Å². The lowest BCUT2D eigenvalue weighted by Gasteiger charge is -2.26. The molecular formula is C17H24FNO2. The summed E-state index contributed by atoms with van der Waals surface area (Å²) in [5, 5.41) is 8.72. The van der Waals surface area contributed by atoms with Gasteiger partial charge in [-0.2, -0.15) is 0 Å². The molecular weight excluding hydrogens is 269 g/mol. The molecule has 0 saturated heterocycles. The van der Waals surface area contributed by atoms with Gasteiger partial charge in [-0.15, -0.1) is 0 Å².